The lowest BCUT2D eigenvalue weighted by Gasteiger charge is -2.09. The van der Waals surface area contributed by atoms with Crippen LogP contribution in [0.2, 0.25) is 5.02 Å². The Bertz CT molecular complexity index is 1200. The molecule has 11 heteroatoms. The van der Waals surface area contributed by atoms with Gasteiger partial charge in [0.05, 0.1) is 11.8 Å². The Morgan fingerprint density at radius 1 is 1.24 bits per heavy atom. The van der Waals surface area contributed by atoms with E-state index in [4.69, 9.17) is 11.6 Å². The number of aromatic nitrogens is 4. The van der Waals surface area contributed by atoms with E-state index in [1.807, 2.05) is 0 Å². The van der Waals surface area contributed by atoms with E-state index in [1.165, 1.54) is 23.0 Å². The number of thiazole rings is 1. The third kappa shape index (κ3) is 4.08. The first-order valence-electron chi connectivity index (χ1n) is 8.21. The second-order valence-electron chi connectivity index (χ2n) is 6.01. The quantitative estimate of drug-likeness (QED) is 0.502. The van der Waals surface area contributed by atoms with Crippen LogP contribution >= 0.6 is 22.9 Å². The molecule has 0 aliphatic rings. The van der Waals surface area contributed by atoms with Crippen LogP contribution in [0.5, 0.6) is 0 Å². The highest BCUT2D eigenvalue weighted by Crippen LogP contribution is 2.33. The topological polar surface area (TPSA) is 72.2 Å². The summed E-state index contributed by atoms with van der Waals surface area (Å²) in [5, 5.41) is 7.24. The van der Waals surface area contributed by atoms with E-state index in [0.29, 0.717) is 21.2 Å². The lowest BCUT2D eigenvalue weighted by Crippen LogP contribution is -2.11. The minimum Gasteiger partial charge on any atom is -0.298 e. The Morgan fingerprint density at radius 3 is 2.86 bits per heavy atom. The molecule has 0 saturated heterocycles. The fourth-order valence-corrected chi connectivity index (χ4v) is 3.69. The van der Waals surface area contributed by atoms with Crippen molar-refractivity contribution in [3.05, 3.63) is 75.6 Å². The van der Waals surface area contributed by atoms with Crippen molar-refractivity contribution in [3.8, 4) is 0 Å². The molecule has 0 atom stereocenters. The second-order valence-corrected chi connectivity index (χ2v) is 7.54. The van der Waals surface area contributed by atoms with Crippen molar-refractivity contribution in [1.29, 1.82) is 0 Å². The molecule has 0 radical (unpaired) electrons. The smallest absolute Gasteiger partial charge is 0.298 e. The van der Waals surface area contributed by atoms with Gasteiger partial charge in [0.25, 0.3) is 5.91 Å². The minimum atomic E-state index is -4.45. The molecule has 6 nitrogen and oxygen atoms in total. The molecule has 29 heavy (non-hydrogen) atoms. The first-order valence-corrected chi connectivity index (χ1v) is 9.41. The number of fused-ring (bicyclic) bond motifs is 1. The number of amides is 1. The Morgan fingerprint density at radius 2 is 2.07 bits per heavy atom. The summed E-state index contributed by atoms with van der Waals surface area (Å²) in [7, 11) is 0. The van der Waals surface area contributed by atoms with E-state index in [0.717, 1.165) is 23.5 Å². The number of hydrogen-bond donors (Lipinski definition) is 1. The zero-order chi connectivity index (χ0) is 20.6. The molecule has 148 valence electrons. The Kier molecular flexibility index (Phi) is 4.97. The van der Waals surface area contributed by atoms with Gasteiger partial charge in [0, 0.05) is 34.9 Å². The van der Waals surface area contributed by atoms with Gasteiger partial charge in [0.1, 0.15) is 5.56 Å². The molecule has 0 spiro atoms. The van der Waals surface area contributed by atoms with Crippen LogP contribution < -0.4 is 5.32 Å². The predicted molar refractivity (Wildman–Crippen MR) is 102 cm³/mol. The summed E-state index contributed by atoms with van der Waals surface area (Å²) in [4.78, 5) is 21.4. The molecule has 1 amide bonds. The number of nitrogens with zero attached hydrogens (tertiary/aromatic N) is 4. The number of carbonyl (C=O) groups is 1. The molecule has 0 bridgehead atoms. The van der Waals surface area contributed by atoms with Crippen LogP contribution in [-0.4, -0.2) is 25.5 Å². The summed E-state index contributed by atoms with van der Waals surface area (Å²) in [6.07, 6.45) is 1.82. The summed E-state index contributed by atoms with van der Waals surface area (Å²) in [5.74, 6) is -0.434. The van der Waals surface area contributed by atoms with Crippen molar-refractivity contribution in [3.63, 3.8) is 0 Å². The maximum atomic E-state index is 12.9. The third-order valence-electron chi connectivity index (χ3n) is 4.04. The highest BCUT2D eigenvalue weighted by molar-refractivity contribution is 7.15. The molecular weight excluding hydrogens is 427 g/mol. The van der Waals surface area contributed by atoms with Gasteiger partial charge >= 0.3 is 6.18 Å². The Hall–Kier alpha value is -2.98. The number of rotatable bonds is 4. The molecule has 0 aliphatic heterocycles. The van der Waals surface area contributed by atoms with Crippen molar-refractivity contribution in [2.45, 2.75) is 12.6 Å². The van der Waals surface area contributed by atoms with Crippen molar-refractivity contribution in [2.75, 3.05) is 5.32 Å². The predicted octanol–water partition coefficient (Wildman–Crippen LogP) is 4.70. The first kappa shape index (κ1) is 19.3. The largest absolute Gasteiger partial charge is 0.416 e. The third-order valence-corrected chi connectivity index (χ3v) is 5.32. The van der Waals surface area contributed by atoms with Crippen molar-refractivity contribution < 1.29 is 18.0 Å². The molecule has 4 aromatic rings. The van der Waals surface area contributed by atoms with Gasteiger partial charge in [-0.15, -0.1) is 11.3 Å². The average Bonchev–Trinajstić information content (AvgIpc) is 3.29. The molecule has 0 saturated carbocycles. The fraction of sp³-hybridized carbons (Fsp3) is 0.111. The van der Waals surface area contributed by atoms with Crippen LogP contribution in [0.25, 0.3) is 5.65 Å². The zero-order valence-corrected chi connectivity index (χ0v) is 16.0. The number of benzene rings is 1. The number of alkyl halides is 3. The SMILES string of the molecule is O=C(Nc1ncc(Cc2cc(C(F)(F)F)ccc2Cl)s1)c1cnn2cccnc12. The van der Waals surface area contributed by atoms with E-state index in [1.54, 1.807) is 18.5 Å². The molecule has 4 rings (SSSR count). The molecule has 3 aromatic heterocycles. The molecule has 0 unspecified atom stereocenters. The molecule has 1 N–H and O–H groups in total. The minimum absolute atomic E-state index is 0.161. The first-order chi connectivity index (χ1) is 13.8. The number of nitrogens with one attached hydrogen (secondary N) is 1. The van der Waals surface area contributed by atoms with E-state index in [2.05, 4.69) is 20.4 Å². The highest BCUT2D eigenvalue weighted by atomic mass is 35.5. The van der Waals surface area contributed by atoms with E-state index in [-0.39, 0.29) is 17.0 Å². The lowest BCUT2D eigenvalue weighted by molar-refractivity contribution is -0.137. The number of halogens is 4. The number of carbonyl (C=O) groups excluding carboxylic acids is 1. The number of hydrogen-bond acceptors (Lipinski definition) is 5. The molecule has 3 heterocycles. The summed E-state index contributed by atoms with van der Waals surface area (Å²) >= 11 is 7.19. The van der Waals surface area contributed by atoms with Gasteiger partial charge in [-0.25, -0.2) is 14.5 Å². The normalized spacial score (nSPS) is 11.7. The van der Waals surface area contributed by atoms with Crippen LogP contribution in [0, 0.1) is 0 Å². The van der Waals surface area contributed by atoms with Gasteiger partial charge in [0.2, 0.25) is 0 Å². The van der Waals surface area contributed by atoms with E-state index in [9.17, 15) is 18.0 Å². The monoisotopic (exact) mass is 437 g/mol. The van der Waals surface area contributed by atoms with Gasteiger partial charge < -0.3 is 0 Å². The summed E-state index contributed by atoms with van der Waals surface area (Å²) in [6, 6.07) is 4.87. The second kappa shape index (κ2) is 7.45. The van der Waals surface area contributed by atoms with Gasteiger partial charge in [-0.1, -0.05) is 11.6 Å². The summed E-state index contributed by atoms with van der Waals surface area (Å²) in [5.41, 5.74) is 0.242. The van der Waals surface area contributed by atoms with Crippen molar-refractivity contribution in [2.24, 2.45) is 0 Å². The Labute approximate surface area is 171 Å². The van der Waals surface area contributed by atoms with Gasteiger partial charge in [-0.2, -0.15) is 18.3 Å². The molecule has 0 fully saturated rings. The van der Waals surface area contributed by atoms with Crippen molar-refractivity contribution in [1.82, 2.24) is 19.6 Å². The summed E-state index contributed by atoms with van der Waals surface area (Å²) < 4.78 is 40.2. The van der Waals surface area contributed by atoms with E-state index < -0.39 is 17.6 Å². The maximum absolute atomic E-state index is 12.9. The summed E-state index contributed by atoms with van der Waals surface area (Å²) in [6.45, 7) is 0. The van der Waals surface area contributed by atoms with Crippen LogP contribution in [-0.2, 0) is 12.6 Å². The zero-order valence-electron chi connectivity index (χ0n) is 14.4. The number of anilines is 1. The molecular formula is C18H11ClF3N5OS. The van der Waals surface area contributed by atoms with Crippen LogP contribution in [0.3, 0.4) is 0 Å². The fourth-order valence-electron chi connectivity index (χ4n) is 2.67. The van der Waals surface area contributed by atoms with Crippen LogP contribution in [0.15, 0.2) is 49.1 Å². The van der Waals surface area contributed by atoms with Crippen LogP contribution in [0.1, 0.15) is 26.4 Å². The molecule has 1 aromatic carbocycles. The van der Waals surface area contributed by atoms with Gasteiger partial charge in [0.15, 0.2) is 10.8 Å². The van der Waals surface area contributed by atoms with Crippen molar-refractivity contribution >= 4 is 39.6 Å². The lowest BCUT2D eigenvalue weighted by atomic mass is 10.1. The Balaban J connectivity index is 1.51. The standard InChI is InChI=1S/C18H11ClF3N5OS/c19-14-3-2-11(18(20,21)22)6-10(14)7-12-8-24-17(29-12)26-16(28)13-9-25-27-5-1-4-23-15(13)27/h1-6,8-9H,7H2,(H,24,26,28). The molecule has 0 aliphatic carbocycles. The van der Waals surface area contributed by atoms with Crippen LogP contribution in [0.4, 0.5) is 18.3 Å². The van der Waals surface area contributed by atoms with Gasteiger partial charge in [-0.3, -0.25) is 10.1 Å². The maximum Gasteiger partial charge on any atom is 0.416 e. The highest BCUT2D eigenvalue weighted by Gasteiger charge is 2.31. The van der Waals surface area contributed by atoms with Gasteiger partial charge in [-0.05, 0) is 29.8 Å². The average molecular weight is 438 g/mol. The van der Waals surface area contributed by atoms with E-state index >= 15 is 0 Å².